The average molecular weight is 407 g/mol. The zero-order valence-electron chi connectivity index (χ0n) is 15.7. The van der Waals surface area contributed by atoms with Crippen LogP contribution in [0.4, 0.5) is 10.1 Å². The molecule has 0 spiro atoms. The fourth-order valence-electron chi connectivity index (χ4n) is 3.23. The minimum Gasteiger partial charge on any atom is -0.366 e. The van der Waals surface area contributed by atoms with Crippen molar-refractivity contribution in [2.45, 2.75) is 16.7 Å². The number of hydrogen-bond donors (Lipinski definition) is 0. The van der Waals surface area contributed by atoms with Crippen LogP contribution in [0.5, 0.6) is 0 Å². The van der Waals surface area contributed by atoms with E-state index in [0.717, 1.165) is 16.0 Å². The van der Waals surface area contributed by atoms with Crippen LogP contribution in [0.2, 0.25) is 0 Å². The fourth-order valence-corrected chi connectivity index (χ4v) is 4.33. The molecule has 1 unspecified atom stereocenters. The Morgan fingerprint density at radius 2 is 1.81 bits per heavy atom. The third-order valence-corrected chi connectivity index (χ3v) is 6.46. The Bertz CT molecular complexity index is 880. The summed E-state index contributed by atoms with van der Waals surface area (Å²) in [6, 6.07) is 10.6. The molecule has 2 aromatic rings. The van der Waals surface area contributed by atoms with Gasteiger partial charge in [0.2, 0.25) is 0 Å². The molecule has 0 saturated carbocycles. The van der Waals surface area contributed by atoms with Crippen molar-refractivity contribution in [1.82, 2.24) is 4.90 Å². The van der Waals surface area contributed by atoms with Crippen molar-refractivity contribution < 1.29 is 13.4 Å². The zero-order chi connectivity index (χ0) is 19.6. The van der Waals surface area contributed by atoms with Crippen molar-refractivity contribution in [2.24, 2.45) is 0 Å². The van der Waals surface area contributed by atoms with Crippen molar-refractivity contribution in [3.63, 3.8) is 0 Å². The number of piperazine rings is 1. The van der Waals surface area contributed by atoms with Crippen molar-refractivity contribution in [2.75, 3.05) is 43.6 Å². The summed E-state index contributed by atoms with van der Waals surface area (Å²) in [4.78, 5) is 18.2. The Labute approximate surface area is 166 Å². The number of nitrogens with zero attached hydrogens (tertiary/aromatic N) is 2. The predicted octanol–water partition coefficient (Wildman–Crippen LogP) is 3.56. The topological polar surface area (TPSA) is 40.6 Å². The van der Waals surface area contributed by atoms with Gasteiger partial charge in [-0.3, -0.25) is 9.00 Å². The summed E-state index contributed by atoms with van der Waals surface area (Å²) >= 11 is 1.57. The first-order valence-electron chi connectivity index (χ1n) is 8.72. The Kier molecular flexibility index (Phi) is 6.22. The van der Waals surface area contributed by atoms with Crippen LogP contribution in [0.3, 0.4) is 0 Å². The van der Waals surface area contributed by atoms with Gasteiger partial charge in [-0.05, 0) is 43.5 Å². The molecular weight excluding hydrogens is 383 g/mol. The smallest absolute Gasteiger partial charge is 0.255 e. The van der Waals surface area contributed by atoms with Crippen LogP contribution >= 0.6 is 11.8 Å². The number of aryl methyl sites for hydroxylation is 1. The highest BCUT2D eigenvalue weighted by molar-refractivity contribution is 7.98. The monoisotopic (exact) mass is 406 g/mol. The lowest BCUT2D eigenvalue weighted by atomic mass is 10.1. The summed E-state index contributed by atoms with van der Waals surface area (Å²) < 4.78 is 25.9. The van der Waals surface area contributed by atoms with Crippen LogP contribution in [0, 0.1) is 12.7 Å². The third kappa shape index (κ3) is 4.35. The molecule has 1 saturated heterocycles. The van der Waals surface area contributed by atoms with Gasteiger partial charge in [-0.1, -0.05) is 11.6 Å². The lowest BCUT2D eigenvalue weighted by molar-refractivity contribution is 0.0743. The molecular formula is C20H23FN2O2S2. The molecule has 1 aliphatic rings. The summed E-state index contributed by atoms with van der Waals surface area (Å²) in [5.74, 6) is -0.342. The van der Waals surface area contributed by atoms with Crippen LogP contribution in [0.25, 0.3) is 0 Å². The molecule has 7 heteroatoms. The van der Waals surface area contributed by atoms with Crippen LogP contribution in [0.1, 0.15) is 15.9 Å². The van der Waals surface area contributed by atoms with E-state index in [1.165, 1.54) is 12.3 Å². The molecule has 1 atom stereocenters. The van der Waals surface area contributed by atoms with Gasteiger partial charge in [0, 0.05) is 53.0 Å². The van der Waals surface area contributed by atoms with Gasteiger partial charge in [0.25, 0.3) is 5.91 Å². The summed E-state index contributed by atoms with van der Waals surface area (Å²) in [5.41, 5.74) is 2.29. The van der Waals surface area contributed by atoms with E-state index in [0.29, 0.717) is 36.8 Å². The van der Waals surface area contributed by atoms with E-state index in [-0.39, 0.29) is 11.7 Å². The molecule has 0 radical (unpaired) electrons. The molecule has 0 aromatic heterocycles. The van der Waals surface area contributed by atoms with Gasteiger partial charge < -0.3 is 9.80 Å². The second-order valence-corrected chi connectivity index (χ2v) is 8.78. The maximum atomic E-state index is 14.4. The number of halogens is 1. The van der Waals surface area contributed by atoms with Gasteiger partial charge in [-0.15, -0.1) is 11.8 Å². The van der Waals surface area contributed by atoms with Crippen LogP contribution in [0.15, 0.2) is 46.2 Å². The number of thioether (sulfide) groups is 1. The normalized spacial score (nSPS) is 15.7. The van der Waals surface area contributed by atoms with Crippen molar-refractivity contribution in [3.8, 4) is 0 Å². The molecule has 1 amide bonds. The molecule has 1 aliphatic heterocycles. The van der Waals surface area contributed by atoms with Crippen LogP contribution < -0.4 is 4.90 Å². The summed E-state index contributed by atoms with van der Waals surface area (Å²) in [6.07, 6.45) is 3.50. The van der Waals surface area contributed by atoms with Crippen molar-refractivity contribution >= 4 is 34.2 Å². The van der Waals surface area contributed by atoms with Crippen LogP contribution in [-0.2, 0) is 10.8 Å². The maximum Gasteiger partial charge on any atom is 0.255 e. The second kappa shape index (κ2) is 8.44. The number of anilines is 1. The molecule has 0 N–H and O–H groups in total. The molecule has 0 bridgehead atoms. The molecule has 3 rings (SSSR count). The molecule has 2 aromatic carbocycles. The van der Waals surface area contributed by atoms with E-state index in [9.17, 15) is 13.4 Å². The highest BCUT2D eigenvalue weighted by atomic mass is 32.2. The zero-order valence-corrected chi connectivity index (χ0v) is 17.3. The number of carbonyl (C=O) groups is 1. The molecule has 27 heavy (non-hydrogen) atoms. The molecule has 4 nitrogen and oxygen atoms in total. The number of rotatable bonds is 4. The van der Waals surface area contributed by atoms with Crippen molar-refractivity contribution in [3.05, 3.63) is 53.3 Å². The largest absolute Gasteiger partial charge is 0.366 e. The number of carbonyl (C=O) groups excluding carboxylic acids is 1. The maximum absolute atomic E-state index is 14.4. The third-order valence-electron chi connectivity index (χ3n) is 4.74. The standard InChI is InChI=1S/C20H23FN2O2S2/c1-14-4-7-19(26-2)16(12-14)20(24)23-10-8-22(9-11-23)18-6-5-15(27(3)25)13-17(18)21/h4-7,12-13H,8-11H2,1-3H3. The first kappa shape index (κ1) is 19.9. The van der Waals surface area contributed by atoms with Crippen molar-refractivity contribution in [1.29, 1.82) is 0 Å². The van der Waals surface area contributed by atoms with E-state index >= 15 is 0 Å². The molecule has 144 valence electrons. The highest BCUT2D eigenvalue weighted by Gasteiger charge is 2.25. The molecule has 1 heterocycles. The van der Waals surface area contributed by atoms with Gasteiger partial charge in [-0.2, -0.15) is 0 Å². The van der Waals surface area contributed by atoms with Crippen LogP contribution in [-0.4, -0.2) is 53.7 Å². The predicted molar refractivity (Wildman–Crippen MR) is 110 cm³/mol. The Morgan fingerprint density at radius 1 is 1.11 bits per heavy atom. The Morgan fingerprint density at radius 3 is 2.41 bits per heavy atom. The summed E-state index contributed by atoms with van der Waals surface area (Å²) in [7, 11) is -1.20. The lowest BCUT2D eigenvalue weighted by Gasteiger charge is -2.36. The number of benzene rings is 2. The van der Waals surface area contributed by atoms with Gasteiger partial charge in [0.1, 0.15) is 5.82 Å². The highest BCUT2D eigenvalue weighted by Crippen LogP contribution is 2.26. The van der Waals surface area contributed by atoms with E-state index < -0.39 is 10.8 Å². The average Bonchev–Trinajstić information content (AvgIpc) is 2.67. The van der Waals surface area contributed by atoms with E-state index in [1.807, 2.05) is 41.2 Å². The Balaban J connectivity index is 1.71. The number of amides is 1. The second-order valence-electron chi connectivity index (χ2n) is 6.55. The first-order chi connectivity index (χ1) is 12.9. The first-order valence-corrected chi connectivity index (χ1v) is 11.5. The SMILES string of the molecule is CSc1ccc(C)cc1C(=O)N1CCN(c2ccc(S(C)=O)cc2F)CC1. The van der Waals surface area contributed by atoms with E-state index in [2.05, 4.69) is 0 Å². The fraction of sp³-hybridized carbons (Fsp3) is 0.350. The van der Waals surface area contributed by atoms with E-state index in [1.54, 1.807) is 23.9 Å². The molecule has 0 aliphatic carbocycles. The molecule has 1 fully saturated rings. The Hall–Kier alpha value is -1.86. The van der Waals surface area contributed by atoms with Gasteiger partial charge >= 0.3 is 0 Å². The van der Waals surface area contributed by atoms with Gasteiger partial charge in [0.15, 0.2) is 0 Å². The minimum absolute atomic E-state index is 0.0277. The number of hydrogen-bond acceptors (Lipinski definition) is 4. The van der Waals surface area contributed by atoms with Gasteiger partial charge in [-0.25, -0.2) is 4.39 Å². The summed E-state index contributed by atoms with van der Waals surface area (Å²) in [6.45, 7) is 4.20. The summed E-state index contributed by atoms with van der Waals surface area (Å²) in [5, 5.41) is 0. The van der Waals surface area contributed by atoms with E-state index in [4.69, 9.17) is 0 Å². The quantitative estimate of drug-likeness (QED) is 0.728. The van der Waals surface area contributed by atoms with Gasteiger partial charge in [0.05, 0.1) is 11.3 Å². The lowest BCUT2D eigenvalue weighted by Crippen LogP contribution is -2.49. The minimum atomic E-state index is -1.20.